The van der Waals surface area contributed by atoms with E-state index in [-0.39, 0.29) is 0 Å². The molecule has 1 aliphatic rings. The first-order chi connectivity index (χ1) is 9.42. The van der Waals surface area contributed by atoms with Crippen LogP contribution in [0.25, 0.3) is 11.0 Å². The van der Waals surface area contributed by atoms with Crippen LogP contribution in [0.15, 0.2) is 18.2 Å². The lowest BCUT2D eigenvalue weighted by Crippen LogP contribution is -2.35. The number of fused-ring (bicyclic) bond motifs is 1. The number of nitrogens with one attached hydrogen (secondary N) is 2. The maximum absolute atomic E-state index is 4.11. The summed E-state index contributed by atoms with van der Waals surface area (Å²) >= 11 is 0. The van der Waals surface area contributed by atoms with Crippen LogP contribution in [0.1, 0.15) is 24.8 Å². The number of benzene rings is 1. The highest BCUT2D eigenvalue weighted by Crippen LogP contribution is 2.10. The molecule has 0 aliphatic carbocycles. The van der Waals surface area contributed by atoms with Crippen LogP contribution in [0, 0.1) is 0 Å². The van der Waals surface area contributed by atoms with Crippen molar-refractivity contribution < 1.29 is 0 Å². The van der Waals surface area contributed by atoms with Gasteiger partial charge in [-0.3, -0.25) is 0 Å². The van der Waals surface area contributed by atoms with Gasteiger partial charge in [0.2, 0.25) is 0 Å². The van der Waals surface area contributed by atoms with Crippen molar-refractivity contribution in [2.45, 2.75) is 25.8 Å². The summed E-state index contributed by atoms with van der Waals surface area (Å²) in [5.41, 5.74) is 3.13. The van der Waals surface area contributed by atoms with Gasteiger partial charge in [-0.25, -0.2) is 0 Å². The molecule has 2 N–H and O–H groups in total. The number of H-pyrrole nitrogens is 1. The lowest BCUT2D eigenvalue weighted by Gasteiger charge is -2.26. The Morgan fingerprint density at radius 2 is 1.95 bits per heavy atom. The minimum atomic E-state index is 0.899. The first-order valence-corrected chi connectivity index (χ1v) is 7.14. The predicted octanol–water partition coefficient (Wildman–Crippen LogP) is 1.53. The maximum atomic E-state index is 4.11. The number of rotatable bonds is 5. The molecular weight excluding hydrogens is 238 g/mol. The first kappa shape index (κ1) is 12.6. The van der Waals surface area contributed by atoms with Gasteiger partial charge < -0.3 is 10.2 Å². The molecule has 0 amide bonds. The quantitative estimate of drug-likeness (QED) is 0.800. The van der Waals surface area contributed by atoms with Gasteiger partial charge in [-0.1, -0.05) is 12.5 Å². The number of piperidine rings is 1. The van der Waals surface area contributed by atoms with Gasteiger partial charge >= 0.3 is 0 Å². The molecule has 0 saturated carbocycles. The van der Waals surface area contributed by atoms with Gasteiger partial charge in [-0.2, -0.15) is 15.4 Å². The van der Waals surface area contributed by atoms with E-state index in [1.165, 1.54) is 37.9 Å². The molecule has 0 spiro atoms. The monoisotopic (exact) mass is 259 g/mol. The average Bonchev–Trinajstić information content (AvgIpc) is 2.92. The molecule has 0 radical (unpaired) electrons. The number of aromatic amines is 1. The van der Waals surface area contributed by atoms with Gasteiger partial charge in [0, 0.05) is 19.6 Å². The van der Waals surface area contributed by atoms with Crippen LogP contribution in [-0.4, -0.2) is 46.5 Å². The molecule has 19 heavy (non-hydrogen) atoms. The van der Waals surface area contributed by atoms with E-state index in [1.807, 2.05) is 6.07 Å². The molecule has 1 aromatic heterocycles. The van der Waals surface area contributed by atoms with Crippen molar-refractivity contribution >= 4 is 11.0 Å². The zero-order valence-corrected chi connectivity index (χ0v) is 11.2. The second-order valence-electron chi connectivity index (χ2n) is 5.23. The van der Waals surface area contributed by atoms with Crippen LogP contribution in [0.5, 0.6) is 0 Å². The first-order valence-electron chi connectivity index (χ1n) is 7.14. The van der Waals surface area contributed by atoms with E-state index in [0.717, 1.165) is 30.7 Å². The van der Waals surface area contributed by atoms with Crippen LogP contribution in [0.4, 0.5) is 0 Å². The van der Waals surface area contributed by atoms with Gasteiger partial charge in [0.25, 0.3) is 0 Å². The summed E-state index contributed by atoms with van der Waals surface area (Å²) in [6, 6.07) is 6.21. The standard InChI is InChI=1S/C14H21N5/c1-2-7-19(8-3-1)9-6-15-11-12-4-5-13-14(10-12)17-18-16-13/h4-5,10,15H,1-3,6-9,11H2,(H,16,17,18). The summed E-state index contributed by atoms with van der Waals surface area (Å²) in [5.74, 6) is 0. The summed E-state index contributed by atoms with van der Waals surface area (Å²) in [4.78, 5) is 2.55. The largest absolute Gasteiger partial charge is 0.311 e. The third-order valence-corrected chi connectivity index (χ3v) is 3.76. The Hall–Kier alpha value is -1.46. The van der Waals surface area contributed by atoms with E-state index in [1.54, 1.807) is 0 Å². The zero-order valence-electron chi connectivity index (χ0n) is 11.2. The molecule has 1 fully saturated rings. The van der Waals surface area contributed by atoms with Gasteiger partial charge in [-0.15, -0.1) is 0 Å². The van der Waals surface area contributed by atoms with Crippen molar-refractivity contribution in [3.63, 3.8) is 0 Å². The minimum Gasteiger partial charge on any atom is -0.311 e. The highest BCUT2D eigenvalue weighted by molar-refractivity contribution is 5.74. The molecule has 1 aromatic carbocycles. The van der Waals surface area contributed by atoms with Crippen molar-refractivity contribution in [2.75, 3.05) is 26.2 Å². The van der Waals surface area contributed by atoms with E-state index in [9.17, 15) is 0 Å². The van der Waals surface area contributed by atoms with Crippen molar-refractivity contribution in [3.8, 4) is 0 Å². The molecule has 1 saturated heterocycles. The molecular formula is C14H21N5. The summed E-state index contributed by atoms with van der Waals surface area (Å²) in [5, 5.41) is 14.3. The van der Waals surface area contributed by atoms with E-state index in [0.29, 0.717) is 0 Å². The van der Waals surface area contributed by atoms with Crippen molar-refractivity contribution in [1.29, 1.82) is 0 Å². The van der Waals surface area contributed by atoms with Crippen LogP contribution in [0.3, 0.4) is 0 Å². The molecule has 102 valence electrons. The third-order valence-electron chi connectivity index (χ3n) is 3.76. The fourth-order valence-electron chi connectivity index (χ4n) is 2.65. The zero-order chi connectivity index (χ0) is 12.9. The van der Waals surface area contributed by atoms with Crippen LogP contribution in [-0.2, 0) is 6.54 Å². The van der Waals surface area contributed by atoms with Crippen molar-refractivity contribution in [1.82, 2.24) is 25.6 Å². The van der Waals surface area contributed by atoms with E-state index in [2.05, 4.69) is 37.8 Å². The SMILES string of the molecule is c1cc2n[nH]nc2cc1CNCCN1CCCCC1. The number of aromatic nitrogens is 3. The second kappa shape index (κ2) is 6.12. The van der Waals surface area contributed by atoms with E-state index < -0.39 is 0 Å². The molecule has 0 bridgehead atoms. The lowest BCUT2D eigenvalue weighted by molar-refractivity contribution is 0.229. The summed E-state index contributed by atoms with van der Waals surface area (Å²) in [6.07, 6.45) is 4.13. The van der Waals surface area contributed by atoms with Gasteiger partial charge in [0.1, 0.15) is 11.0 Å². The summed E-state index contributed by atoms with van der Waals surface area (Å²) < 4.78 is 0. The maximum Gasteiger partial charge on any atom is 0.113 e. The minimum absolute atomic E-state index is 0.899. The number of likely N-dealkylation sites (tertiary alicyclic amines) is 1. The fraction of sp³-hybridized carbons (Fsp3) is 0.571. The summed E-state index contributed by atoms with van der Waals surface area (Å²) in [6.45, 7) is 5.65. The van der Waals surface area contributed by atoms with Crippen LogP contribution in [0.2, 0.25) is 0 Å². The van der Waals surface area contributed by atoms with E-state index in [4.69, 9.17) is 0 Å². The molecule has 0 atom stereocenters. The highest BCUT2D eigenvalue weighted by atomic mass is 15.3. The molecule has 2 aromatic rings. The van der Waals surface area contributed by atoms with Crippen LogP contribution >= 0.6 is 0 Å². The Morgan fingerprint density at radius 3 is 2.84 bits per heavy atom. The Labute approximate surface area is 113 Å². The average molecular weight is 259 g/mol. The fourth-order valence-corrected chi connectivity index (χ4v) is 2.65. The smallest absolute Gasteiger partial charge is 0.113 e. The molecule has 1 aliphatic heterocycles. The normalized spacial score (nSPS) is 17.1. The summed E-state index contributed by atoms with van der Waals surface area (Å²) in [7, 11) is 0. The molecule has 2 heterocycles. The third kappa shape index (κ3) is 3.30. The number of nitrogens with zero attached hydrogens (tertiary/aromatic N) is 3. The topological polar surface area (TPSA) is 56.8 Å². The van der Waals surface area contributed by atoms with Crippen LogP contribution < -0.4 is 5.32 Å². The number of hydrogen-bond acceptors (Lipinski definition) is 4. The van der Waals surface area contributed by atoms with E-state index >= 15 is 0 Å². The van der Waals surface area contributed by atoms with Gasteiger partial charge in [0.05, 0.1) is 0 Å². The lowest BCUT2D eigenvalue weighted by atomic mass is 10.1. The Morgan fingerprint density at radius 1 is 1.11 bits per heavy atom. The molecule has 3 rings (SSSR count). The Bertz CT molecular complexity index is 515. The number of hydrogen-bond donors (Lipinski definition) is 2. The molecule has 5 heteroatoms. The van der Waals surface area contributed by atoms with Gasteiger partial charge in [-0.05, 0) is 43.6 Å². The molecule has 5 nitrogen and oxygen atoms in total. The van der Waals surface area contributed by atoms with Gasteiger partial charge in [0.15, 0.2) is 0 Å². The van der Waals surface area contributed by atoms with Crippen molar-refractivity contribution in [3.05, 3.63) is 23.8 Å². The predicted molar refractivity (Wildman–Crippen MR) is 75.9 cm³/mol. The van der Waals surface area contributed by atoms with Crippen molar-refractivity contribution in [2.24, 2.45) is 0 Å². The Balaban J connectivity index is 1.43. The highest BCUT2D eigenvalue weighted by Gasteiger charge is 2.08. The molecule has 0 unspecified atom stereocenters. The second-order valence-corrected chi connectivity index (χ2v) is 5.23. The Kier molecular flexibility index (Phi) is 4.05.